The van der Waals surface area contributed by atoms with Crippen molar-refractivity contribution in [2.45, 2.75) is 39.7 Å². The fourth-order valence-corrected chi connectivity index (χ4v) is 1.53. The van der Waals surface area contributed by atoms with Gasteiger partial charge in [-0.1, -0.05) is 13.0 Å². The van der Waals surface area contributed by atoms with E-state index in [1.54, 1.807) is 32.9 Å². The van der Waals surface area contributed by atoms with Crippen LogP contribution in [0.3, 0.4) is 0 Å². The summed E-state index contributed by atoms with van der Waals surface area (Å²) in [6.07, 6.45) is -0.161. The van der Waals surface area contributed by atoms with Crippen LogP contribution < -0.4 is 4.74 Å². The van der Waals surface area contributed by atoms with Crippen molar-refractivity contribution in [1.82, 2.24) is 0 Å². The van der Waals surface area contributed by atoms with Crippen molar-refractivity contribution in [3.8, 4) is 5.75 Å². The second-order valence-electron chi connectivity index (χ2n) is 4.48. The Morgan fingerprint density at radius 1 is 1.33 bits per heavy atom. The maximum Gasteiger partial charge on any atom is 0.310 e. The number of nitrogens with zero attached hydrogens (tertiary/aromatic N) is 1. The van der Waals surface area contributed by atoms with E-state index in [9.17, 15) is 14.9 Å². The normalized spacial score (nSPS) is 12.3. The number of carbonyl (C=O) groups excluding carboxylic acids is 1. The van der Waals surface area contributed by atoms with E-state index in [1.807, 2.05) is 0 Å². The van der Waals surface area contributed by atoms with E-state index in [0.29, 0.717) is 0 Å². The van der Waals surface area contributed by atoms with Crippen LogP contribution in [-0.2, 0) is 4.79 Å². The summed E-state index contributed by atoms with van der Waals surface area (Å²) in [6, 6.07) is 4.55. The monoisotopic (exact) mass is 251 g/mol. The highest BCUT2D eigenvalue weighted by molar-refractivity contribution is 5.83. The van der Waals surface area contributed by atoms with Crippen molar-refractivity contribution < 1.29 is 14.5 Å². The number of ketones is 1. The summed E-state index contributed by atoms with van der Waals surface area (Å²) in [7, 11) is 0. The molecule has 18 heavy (non-hydrogen) atoms. The Balaban J connectivity index is 3.20. The Labute approximate surface area is 106 Å². The molecule has 0 aromatic heterocycles. The van der Waals surface area contributed by atoms with Crippen molar-refractivity contribution in [1.29, 1.82) is 0 Å². The molecule has 0 amide bonds. The lowest BCUT2D eigenvalue weighted by Crippen LogP contribution is -2.09. The molecule has 0 aliphatic heterocycles. The standard InChI is InChI=1S/C13H17NO4/c1-8(2)18-13-7-11(9(3)10(4)15)5-6-12(13)14(16)17/h5-9H,1-4H3. The summed E-state index contributed by atoms with van der Waals surface area (Å²) in [5, 5.41) is 10.9. The largest absolute Gasteiger partial charge is 0.484 e. The van der Waals surface area contributed by atoms with Crippen molar-refractivity contribution in [3.63, 3.8) is 0 Å². The summed E-state index contributed by atoms with van der Waals surface area (Å²) >= 11 is 0. The minimum atomic E-state index is -0.486. The molecule has 1 aromatic rings. The van der Waals surface area contributed by atoms with E-state index in [1.165, 1.54) is 13.0 Å². The van der Waals surface area contributed by atoms with E-state index in [2.05, 4.69) is 0 Å². The summed E-state index contributed by atoms with van der Waals surface area (Å²) in [6.45, 7) is 6.85. The molecule has 5 heteroatoms. The average Bonchev–Trinajstić information content (AvgIpc) is 2.26. The van der Waals surface area contributed by atoms with Gasteiger partial charge in [0.05, 0.1) is 11.0 Å². The lowest BCUT2D eigenvalue weighted by molar-refractivity contribution is -0.386. The van der Waals surface area contributed by atoms with Crippen molar-refractivity contribution in [2.75, 3.05) is 0 Å². The van der Waals surface area contributed by atoms with Gasteiger partial charge in [0.15, 0.2) is 5.75 Å². The molecule has 0 aliphatic rings. The fourth-order valence-electron chi connectivity index (χ4n) is 1.53. The first-order valence-electron chi connectivity index (χ1n) is 5.78. The molecule has 0 saturated heterocycles. The van der Waals surface area contributed by atoms with Gasteiger partial charge in [-0.3, -0.25) is 14.9 Å². The van der Waals surface area contributed by atoms with Gasteiger partial charge in [0.1, 0.15) is 5.78 Å². The van der Waals surface area contributed by atoms with Gasteiger partial charge in [-0.25, -0.2) is 0 Å². The number of nitro benzene ring substituents is 1. The van der Waals surface area contributed by atoms with Gasteiger partial charge in [0, 0.05) is 12.0 Å². The highest BCUT2D eigenvalue weighted by atomic mass is 16.6. The lowest BCUT2D eigenvalue weighted by atomic mass is 9.97. The lowest BCUT2D eigenvalue weighted by Gasteiger charge is -2.13. The third-order valence-corrected chi connectivity index (χ3v) is 2.65. The van der Waals surface area contributed by atoms with Crippen LogP contribution in [-0.4, -0.2) is 16.8 Å². The minimum Gasteiger partial charge on any atom is -0.484 e. The van der Waals surface area contributed by atoms with Gasteiger partial charge < -0.3 is 4.74 Å². The number of Topliss-reactive ketones (excluding diaryl/α,β-unsaturated/α-hetero) is 1. The van der Waals surface area contributed by atoms with Crippen LogP contribution in [0.1, 0.15) is 39.2 Å². The molecule has 0 saturated carbocycles. The van der Waals surface area contributed by atoms with E-state index in [4.69, 9.17) is 4.74 Å². The average molecular weight is 251 g/mol. The van der Waals surface area contributed by atoms with Crippen molar-refractivity contribution in [3.05, 3.63) is 33.9 Å². The summed E-state index contributed by atoms with van der Waals surface area (Å²) in [5.41, 5.74) is 0.645. The highest BCUT2D eigenvalue weighted by Crippen LogP contribution is 2.31. The zero-order valence-electron chi connectivity index (χ0n) is 11.0. The maximum absolute atomic E-state index is 11.3. The molecule has 1 unspecified atom stereocenters. The second-order valence-corrected chi connectivity index (χ2v) is 4.48. The summed E-state index contributed by atoms with van der Waals surface area (Å²) < 4.78 is 5.42. The van der Waals surface area contributed by atoms with Crippen LogP contribution in [0, 0.1) is 10.1 Å². The van der Waals surface area contributed by atoms with Gasteiger partial charge in [-0.05, 0) is 32.4 Å². The number of hydrogen-bond acceptors (Lipinski definition) is 4. The van der Waals surface area contributed by atoms with Gasteiger partial charge in [-0.2, -0.15) is 0 Å². The minimum absolute atomic E-state index is 0.0133. The molecule has 0 radical (unpaired) electrons. The van der Waals surface area contributed by atoms with Crippen molar-refractivity contribution >= 4 is 11.5 Å². The highest BCUT2D eigenvalue weighted by Gasteiger charge is 2.19. The summed E-state index contributed by atoms with van der Waals surface area (Å²) in [4.78, 5) is 21.7. The molecule has 0 fully saturated rings. The van der Waals surface area contributed by atoms with E-state index < -0.39 is 4.92 Å². The van der Waals surface area contributed by atoms with E-state index >= 15 is 0 Å². The molecule has 0 aliphatic carbocycles. The second kappa shape index (κ2) is 5.62. The van der Waals surface area contributed by atoms with Crippen LogP contribution in [0.25, 0.3) is 0 Å². The first-order chi connectivity index (χ1) is 8.32. The van der Waals surface area contributed by atoms with Crippen LogP contribution >= 0.6 is 0 Å². The third kappa shape index (κ3) is 3.29. The van der Waals surface area contributed by atoms with Gasteiger partial charge >= 0.3 is 5.69 Å². The van der Waals surface area contributed by atoms with E-state index in [-0.39, 0.29) is 29.2 Å². The van der Waals surface area contributed by atoms with Crippen LogP contribution in [0.2, 0.25) is 0 Å². The zero-order chi connectivity index (χ0) is 13.9. The third-order valence-electron chi connectivity index (χ3n) is 2.65. The van der Waals surface area contributed by atoms with Gasteiger partial charge in [0.25, 0.3) is 0 Å². The molecule has 0 bridgehead atoms. The van der Waals surface area contributed by atoms with Crippen LogP contribution in [0.4, 0.5) is 5.69 Å². The number of hydrogen-bond donors (Lipinski definition) is 0. The smallest absolute Gasteiger partial charge is 0.310 e. The Morgan fingerprint density at radius 3 is 2.39 bits per heavy atom. The molecule has 1 rings (SSSR count). The number of ether oxygens (including phenoxy) is 1. The van der Waals surface area contributed by atoms with E-state index in [0.717, 1.165) is 5.56 Å². The molecule has 0 spiro atoms. The van der Waals surface area contributed by atoms with Crippen LogP contribution in [0.15, 0.2) is 18.2 Å². The first-order valence-corrected chi connectivity index (χ1v) is 5.78. The molecule has 1 atom stereocenters. The van der Waals surface area contributed by atoms with Gasteiger partial charge in [0.2, 0.25) is 0 Å². The molecule has 1 aromatic carbocycles. The zero-order valence-corrected chi connectivity index (χ0v) is 11.0. The molecule has 5 nitrogen and oxygen atoms in total. The molecular weight excluding hydrogens is 234 g/mol. The predicted molar refractivity (Wildman–Crippen MR) is 68.0 cm³/mol. The Morgan fingerprint density at radius 2 is 1.94 bits per heavy atom. The number of nitro groups is 1. The Kier molecular flexibility index (Phi) is 4.42. The maximum atomic E-state index is 11.3. The SMILES string of the molecule is CC(=O)C(C)c1ccc([N+](=O)[O-])c(OC(C)C)c1. The van der Waals surface area contributed by atoms with Crippen LogP contribution in [0.5, 0.6) is 5.75 Å². The molecule has 98 valence electrons. The Hall–Kier alpha value is -1.91. The fraction of sp³-hybridized carbons (Fsp3) is 0.462. The first kappa shape index (κ1) is 14.2. The molecule has 0 heterocycles. The molecular formula is C13H17NO4. The number of carbonyl (C=O) groups is 1. The van der Waals surface area contributed by atoms with Gasteiger partial charge in [-0.15, -0.1) is 0 Å². The number of benzene rings is 1. The number of rotatable bonds is 5. The van der Waals surface area contributed by atoms with Crippen molar-refractivity contribution in [2.24, 2.45) is 0 Å². The topological polar surface area (TPSA) is 69.4 Å². The quantitative estimate of drug-likeness (QED) is 0.595. The Bertz CT molecular complexity index is 468. The predicted octanol–water partition coefficient (Wildman–Crippen LogP) is 3.07. The summed E-state index contributed by atoms with van der Waals surface area (Å²) in [5.74, 6) is -0.0692. The molecule has 0 N–H and O–H groups in total.